The zero-order valence-electron chi connectivity index (χ0n) is 22.4. The lowest BCUT2D eigenvalue weighted by Crippen LogP contribution is -2.49. The summed E-state index contributed by atoms with van der Waals surface area (Å²) < 4.78 is 20.7. The number of amides is 2. The normalized spacial score (nSPS) is 14.0. The van der Waals surface area contributed by atoms with Gasteiger partial charge in [0.1, 0.15) is 24.0 Å². The van der Waals surface area contributed by atoms with Gasteiger partial charge in [0, 0.05) is 38.3 Å². The lowest BCUT2D eigenvalue weighted by atomic mass is 10.1. The molecule has 1 saturated heterocycles. The first-order valence-corrected chi connectivity index (χ1v) is 12.8. The zero-order chi connectivity index (χ0) is 28.4. The number of hydrogen-bond donors (Lipinski definition) is 2. The summed E-state index contributed by atoms with van der Waals surface area (Å²) in [6.07, 6.45) is 3.24. The van der Waals surface area contributed by atoms with Gasteiger partial charge in [-0.05, 0) is 54.5 Å². The Morgan fingerprint density at radius 1 is 1.15 bits per heavy atom. The molecule has 1 aliphatic rings. The molecule has 1 aromatic heterocycles. The van der Waals surface area contributed by atoms with Crippen LogP contribution < -0.4 is 10.1 Å². The molecule has 2 amide bonds. The number of ether oxygens (including phenoxy) is 1. The van der Waals surface area contributed by atoms with Crippen molar-refractivity contribution in [3.63, 3.8) is 0 Å². The smallest absolute Gasteiger partial charge is 0.256 e. The van der Waals surface area contributed by atoms with Gasteiger partial charge >= 0.3 is 0 Å². The van der Waals surface area contributed by atoms with Crippen LogP contribution in [0.25, 0.3) is 0 Å². The first-order valence-electron chi connectivity index (χ1n) is 12.8. The molecule has 0 aliphatic carbocycles. The zero-order valence-corrected chi connectivity index (χ0v) is 22.4. The maximum atomic E-state index is 14.4. The van der Waals surface area contributed by atoms with Crippen molar-refractivity contribution < 1.29 is 23.8 Å². The van der Waals surface area contributed by atoms with Crippen LogP contribution in [0.1, 0.15) is 41.4 Å². The van der Waals surface area contributed by atoms with Gasteiger partial charge in [-0.25, -0.2) is 14.4 Å². The minimum absolute atomic E-state index is 0.0108. The van der Waals surface area contributed by atoms with Crippen molar-refractivity contribution in [3.8, 4) is 11.5 Å². The second-order valence-electron chi connectivity index (χ2n) is 8.68. The molecule has 1 aliphatic heterocycles. The fourth-order valence-corrected chi connectivity index (χ4v) is 3.98. The Kier molecular flexibility index (Phi) is 10.5. The summed E-state index contributed by atoms with van der Waals surface area (Å²) in [7, 11) is 0. The molecule has 2 N–H and O–H groups in total. The maximum absolute atomic E-state index is 14.4. The molecule has 1 unspecified atom stereocenters. The van der Waals surface area contributed by atoms with Crippen LogP contribution in [0, 0.1) is 12.7 Å². The third-order valence-electron chi connectivity index (χ3n) is 6.17. The van der Waals surface area contributed by atoms with Crippen LogP contribution in [0.5, 0.6) is 11.5 Å². The van der Waals surface area contributed by atoms with Crippen molar-refractivity contribution in [1.82, 2.24) is 19.8 Å². The summed E-state index contributed by atoms with van der Waals surface area (Å²) >= 11 is 0. The monoisotopic (exact) mass is 535 g/mol. The average Bonchev–Trinajstić information content (AvgIpc) is 2.96. The van der Waals surface area contributed by atoms with Crippen LogP contribution >= 0.6 is 0 Å². The standard InChI is InChI=1S/C27H28FN5O4.C2H6/c1-3-25(35)33-12-10-32(11-13-33)16-24(20-5-4-18(2)22(28)14-20)37-21-8-6-19(7-9-21)27(36)31-26-23(34)15-29-17-30-26;1-2/h3-9,14-15,17,24,34H,1,10-13,16H2,2H3,(H,29,30,31,36);1-2H3. The number of aryl methyl sites for hydroxylation is 1. The quantitative estimate of drug-likeness (QED) is 0.413. The molecule has 0 radical (unpaired) electrons. The predicted molar refractivity (Wildman–Crippen MR) is 147 cm³/mol. The van der Waals surface area contributed by atoms with Gasteiger partial charge in [0.05, 0.1) is 6.20 Å². The SMILES string of the molecule is C=CC(=O)N1CCN(CC(Oc2ccc(C(=O)Nc3ncncc3O)cc2)c2ccc(C)c(F)c2)CC1.CC. The maximum Gasteiger partial charge on any atom is 0.256 e. The molecule has 3 aromatic rings. The Labute approximate surface area is 228 Å². The molecule has 4 rings (SSSR count). The highest BCUT2D eigenvalue weighted by molar-refractivity contribution is 6.04. The lowest BCUT2D eigenvalue weighted by molar-refractivity contribution is -0.127. The van der Waals surface area contributed by atoms with Crippen LogP contribution in [-0.2, 0) is 4.79 Å². The number of carbonyl (C=O) groups excluding carboxylic acids is 2. The third-order valence-corrected chi connectivity index (χ3v) is 6.17. The van der Waals surface area contributed by atoms with Crippen LogP contribution in [-0.4, -0.2) is 69.4 Å². The van der Waals surface area contributed by atoms with Gasteiger partial charge in [-0.3, -0.25) is 14.5 Å². The Balaban J connectivity index is 0.00000205. The summed E-state index contributed by atoms with van der Waals surface area (Å²) in [6.45, 7) is 12.2. The summed E-state index contributed by atoms with van der Waals surface area (Å²) in [5, 5.41) is 12.3. The Morgan fingerprint density at radius 3 is 2.46 bits per heavy atom. The highest BCUT2D eigenvalue weighted by atomic mass is 19.1. The highest BCUT2D eigenvalue weighted by Gasteiger charge is 2.24. The minimum atomic E-state index is -0.477. The Morgan fingerprint density at radius 2 is 1.85 bits per heavy atom. The number of aromatic hydroxyl groups is 1. The van der Waals surface area contributed by atoms with Gasteiger partial charge in [-0.1, -0.05) is 32.6 Å². The molecule has 0 bridgehead atoms. The van der Waals surface area contributed by atoms with Crippen molar-refractivity contribution in [2.75, 3.05) is 38.0 Å². The topological polar surface area (TPSA) is 108 Å². The molecular formula is C29H34FN5O4. The van der Waals surface area contributed by atoms with E-state index in [1.54, 1.807) is 42.2 Å². The first-order chi connectivity index (χ1) is 18.8. The van der Waals surface area contributed by atoms with Gasteiger partial charge in [-0.15, -0.1) is 0 Å². The molecule has 2 aromatic carbocycles. The van der Waals surface area contributed by atoms with E-state index >= 15 is 0 Å². The lowest BCUT2D eigenvalue weighted by Gasteiger charge is -2.36. The summed E-state index contributed by atoms with van der Waals surface area (Å²) in [5.41, 5.74) is 1.57. The molecule has 2 heterocycles. The van der Waals surface area contributed by atoms with E-state index in [-0.39, 0.29) is 23.3 Å². The number of carbonyl (C=O) groups is 2. The number of anilines is 1. The van der Waals surface area contributed by atoms with E-state index in [1.165, 1.54) is 24.7 Å². The minimum Gasteiger partial charge on any atom is -0.503 e. The third kappa shape index (κ3) is 7.84. The number of rotatable bonds is 8. The number of nitrogens with one attached hydrogen (secondary N) is 1. The van der Waals surface area contributed by atoms with Crippen LogP contribution in [0.4, 0.5) is 10.2 Å². The van der Waals surface area contributed by atoms with Crippen molar-refractivity contribution in [1.29, 1.82) is 0 Å². The fourth-order valence-electron chi connectivity index (χ4n) is 3.98. The molecule has 10 heteroatoms. The summed E-state index contributed by atoms with van der Waals surface area (Å²) in [4.78, 5) is 35.9. The number of piperazine rings is 1. The van der Waals surface area contributed by atoms with E-state index in [2.05, 4.69) is 26.8 Å². The van der Waals surface area contributed by atoms with Gasteiger partial charge in [0.15, 0.2) is 11.6 Å². The predicted octanol–water partition coefficient (Wildman–Crippen LogP) is 4.36. The number of hydrogen-bond acceptors (Lipinski definition) is 7. The van der Waals surface area contributed by atoms with Gasteiger partial charge in [-0.2, -0.15) is 0 Å². The van der Waals surface area contributed by atoms with E-state index in [1.807, 2.05) is 19.9 Å². The fraction of sp³-hybridized carbons (Fsp3) is 0.310. The average molecular weight is 536 g/mol. The molecule has 206 valence electrons. The molecule has 9 nitrogen and oxygen atoms in total. The number of aromatic nitrogens is 2. The van der Waals surface area contributed by atoms with E-state index in [0.717, 1.165) is 0 Å². The molecule has 0 saturated carbocycles. The highest BCUT2D eigenvalue weighted by Crippen LogP contribution is 2.26. The van der Waals surface area contributed by atoms with Gasteiger partial charge < -0.3 is 20.1 Å². The Bertz CT molecular complexity index is 1280. The first kappa shape index (κ1) is 29.2. The molecule has 0 spiro atoms. The van der Waals surface area contributed by atoms with E-state index < -0.39 is 12.0 Å². The van der Waals surface area contributed by atoms with Crippen LogP contribution in [0.3, 0.4) is 0 Å². The number of benzene rings is 2. The van der Waals surface area contributed by atoms with Crippen LogP contribution in [0.2, 0.25) is 0 Å². The second kappa shape index (κ2) is 14.0. The molecule has 1 atom stereocenters. The van der Waals surface area contributed by atoms with Gasteiger partial charge in [0.25, 0.3) is 5.91 Å². The summed E-state index contributed by atoms with van der Waals surface area (Å²) in [5.74, 6) is -0.576. The van der Waals surface area contributed by atoms with Gasteiger partial charge in [0.2, 0.25) is 5.91 Å². The van der Waals surface area contributed by atoms with Crippen molar-refractivity contribution in [2.24, 2.45) is 0 Å². The molecule has 39 heavy (non-hydrogen) atoms. The van der Waals surface area contributed by atoms with E-state index in [0.29, 0.717) is 55.2 Å². The molecular weight excluding hydrogens is 501 g/mol. The van der Waals surface area contributed by atoms with Crippen LogP contribution in [0.15, 0.2) is 67.6 Å². The van der Waals surface area contributed by atoms with Crippen molar-refractivity contribution in [2.45, 2.75) is 26.9 Å². The Hall–Kier alpha value is -4.31. The summed E-state index contributed by atoms with van der Waals surface area (Å²) in [6, 6.07) is 11.5. The van der Waals surface area contributed by atoms with E-state index in [9.17, 15) is 19.1 Å². The second-order valence-corrected chi connectivity index (χ2v) is 8.68. The number of halogens is 1. The van der Waals surface area contributed by atoms with Crippen molar-refractivity contribution in [3.05, 3.63) is 90.2 Å². The number of nitrogens with zero attached hydrogens (tertiary/aromatic N) is 4. The van der Waals surface area contributed by atoms with Crippen molar-refractivity contribution >= 4 is 17.6 Å². The molecule has 1 fully saturated rings. The van der Waals surface area contributed by atoms with E-state index in [4.69, 9.17) is 4.74 Å². The largest absolute Gasteiger partial charge is 0.503 e.